The van der Waals surface area contributed by atoms with E-state index in [1.54, 1.807) is 24.3 Å². The monoisotopic (exact) mass is 423 g/mol. The van der Waals surface area contributed by atoms with E-state index in [1.807, 2.05) is 6.92 Å². The van der Waals surface area contributed by atoms with Crippen LogP contribution in [-0.4, -0.2) is 29.1 Å². The molecule has 3 rings (SSSR count). The highest BCUT2D eigenvalue weighted by Gasteiger charge is 2.30. The Kier molecular flexibility index (Phi) is 5.93. The van der Waals surface area contributed by atoms with E-state index in [0.717, 1.165) is 34.8 Å². The molecule has 0 spiro atoms. The third kappa shape index (κ3) is 5.14. The molecule has 2 aromatic rings. The van der Waals surface area contributed by atoms with Crippen molar-refractivity contribution in [3.05, 3.63) is 64.7 Å². The topological polar surface area (TPSA) is 61.8 Å². The molecule has 1 N–H and O–H groups in total. The predicted molar refractivity (Wildman–Crippen MR) is 104 cm³/mol. The van der Waals surface area contributed by atoms with Gasteiger partial charge in [0.05, 0.1) is 11.3 Å². The van der Waals surface area contributed by atoms with E-state index >= 15 is 0 Å². The van der Waals surface area contributed by atoms with E-state index < -0.39 is 17.6 Å². The lowest BCUT2D eigenvalue weighted by atomic mass is 9.94. The van der Waals surface area contributed by atoms with Crippen molar-refractivity contribution >= 4 is 34.8 Å². The molecule has 0 aromatic heterocycles. The van der Waals surface area contributed by atoms with Crippen LogP contribution in [0.15, 0.2) is 53.6 Å². The van der Waals surface area contributed by atoms with Gasteiger partial charge in [0.15, 0.2) is 0 Å². The minimum absolute atomic E-state index is 0.127. The Hall–Kier alpha value is -2.87. The molecule has 9 heteroatoms. The van der Waals surface area contributed by atoms with E-state index in [1.165, 1.54) is 0 Å². The second-order valence-electron chi connectivity index (χ2n) is 6.67. The van der Waals surface area contributed by atoms with Crippen LogP contribution in [-0.2, 0) is 15.8 Å². The van der Waals surface area contributed by atoms with Crippen LogP contribution in [0.5, 0.6) is 0 Å². The summed E-state index contributed by atoms with van der Waals surface area (Å²) in [5.41, 5.74) is 0.835. The summed E-state index contributed by atoms with van der Waals surface area (Å²) in [6.07, 6.45) is -4.26. The van der Waals surface area contributed by atoms with E-state index in [4.69, 9.17) is 11.6 Å². The van der Waals surface area contributed by atoms with Crippen molar-refractivity contribution in [3.63, 3.8) is 0 Å². The number of carbonyl (C=O) groups is 2. The second kappa shape index (κ2) is 8.24. The number of nitrogens with one attached hydrogen (secondary N) is 1. The lowest BCUT2D eigenvalue weighted by Crippen LogP contribution is -2.40. The third-order valence-electron chi connectivity index (χ3n) is 4.39. The summed E-state index contributed by atoms with van der Waals surface area (Å²) in [7, 11) is 0. The number of benzene rings is 2. The van der Waals surface area contributed by atoms with Gasteiger partial charge in [-0.3, -0.25) is 9.59 Å². The molecule has 0 aliphatic carbocycles. The third-order valence-corrected chi connectivity index (χ3v) is 4.65. The van der Waals surface area contributed by atoms with Crippen molar-refractivity contribution in [2.24, 2.45) is 11.0 Å². The molecule has 0 fully saturated rings. The minimum atomic E-state index is -4.45. The van der Waals surface area contributed by atoms with Crippen molar-refractivity contribution in [3.8, 4) is 0 Å². The summed E-state index contributed by atoms with van der Waals surface area (Å²) < 4.78 is 37.8. The van der Waals surface area contributed by atoms with Gasteiger partial charge in [-0.1, -0.05) is 30.7 Å². The largest absolute Gasteiger partial charge is 0.416 e. The van der Waals surface area contributed by atoms with E-state index in [-0.39, 0.29) is 30.5 Å². The van der Waals surface area contributed by atoms with Gasteiger partial charge in [-0.2, -0.15) is 18.3 Å². The first-order chi connectivity index (χ1) is 13.6. The van der Waals surface area contributed by atoms with Crippen LogP contribution in [0.4, 0.5) is 18.9 Å². The van der Waals surface area contributed by atoms with Crippen molar-refractivity contribution in [2.45, 2.75) is 19.5 Å². The minimum Gasteiger partial charge on any atom is -0.324 e. The summed E-state index contributed by atoms with van der Waals surface area (Å²) in [5, 5.41) is 8.44. The Morgan fingerprint density at radius 2 is 1.79 bits per heavy atom. The van der Waals surface area contributed by atoms with Crippen LogP contribution in [0, 0.1) is 5.92 Å². The molecular formula is C20H17ClF3N3O2. The summed E-state index contributed by atoms with van der Waals surface area (Å²) in [6.45, 7) is 1.52. The Bertz CT molecular complexity index is 941. The van der Waals surface area contributed by atoms with Gasteiger partial charge in [-0.15, -0.1) is 0 Å². The summed E-state index contributed by atoms with van der Waals surface area (Å²) in [4.78, 5) is 24.5. The number of amides is 2. The molecule has 1 aliphatic heterocycles. The highest BCUT2D eigenvalue weighted by molar-refractivity contribution is 6.30. The first-order valence-electron chi connectivity index (χ1n) is 8.75. The zero-order valence-electron chi connectivity index (χ0n) is 15.3. The first-order valence-corrected chi connectivity index (χ1v) is 9.13. The van der Waals surface area contributed by atoms with Crippen LogP contribution < -0.4 is 5.32 Å². The molecule has 29 heavy (non-hydrogen) atoms. The Morgan fingerprint density at radius 1 is 1.17 bits per heavy atom. The van der Waals surface area contributed by atoms with Crippen LogP contribution in [0.2, 0.25) is 5.02 Å². The first kappa shape index (κ1) is 20.9. The van der Waals surface area contributed by atoms with Crippen molar-refractivity contribution in [2.75, 3.05) is 11.9 Å². The smallest absolute Gasteiger partial charge is 0.324 e. The molecule has 1 aliphatic rings. The lowest BCUT2D eigenvalue weighted by Gasteiger charge is -2.27. The van der Waals surface area contributed by atoms with Crippen LogP contribution in [0.25, 0.3) is 0 Å². The lowest BCUT2D eigenvalue weighted by molar-refractivity contribution is -0.137. The van der Waals surface area contributed by atoms with Crippen LogP contribution in [0.3, 0.4) is 0 Å². The number of rotatable bonds is 4. The maximum absolute atomic E-state index is 12.6. The zero-order valence-corrected chi connectivity index (χ0v) is 16.1. The molecule has 5 nitrogen and oxygen atoms in total. The fourth-order valence-corrected chi connectivity index (χ4v) is 3.04. The number of hydrogen-bond donors (Lipinski definition) is 1. The van der Waals surface area contributed by atoms with E-state index in [0.29, 0.717) is 10.7 Å². The maximum atomic E-state index is 12.6. The molecule has 1 heterocycles. The fourth-order valence-electron chi connectivity index (χ4n) is 2.91. The van der Waals surface area contributed by atoms with Gasteiger partial charge in [-0.25, -0.2) is 5.01 Å². The standard InChI is InChI=1S/C20H17ClF3N3O2/c1-12-10-18(29)27(26-19(12)13-2-6-15(21)7-3-13)11-17(28)25-16-8-4-14(5-9-16)20(22,23)24/h2-9,12H,10-11H2,1H3,(H,25,28). The second-order valence-corrected chi connectivity index (χ2v) is 7.11. The van der Waals surface area contributed by atoms with E-state index in [9.17, 15) is 22.8 Å². The van der Waals surface area contributed by atoms with E-state index in [2.05, 4.69) is 10.4 Å². The predicted octanol–water partition coefficient (Wildman–Crippen LogP) is 4.57. The number of anilines is 1. The Balaban J connectivity index is 1.71. The number of alkyl halides is 3. The summed E-state index contributed by atoms with van der Waals surface area (Å²) >= 11 is 5.90. The van der Waals surface area contributed by atoms with Crippen LogP contribution in [0.1, 0.15) is 24.5 Å². The van der Waals surface area contributed by atoms with Gasteiger partial charge in [0.2, 0.25) is 11.8 Å². The summed E-state index contributed by atoms with van der Waals surface area (Å²) in [5.74, 6) is -0.998. The quantitative estimate of drug-likeness (QED) is 0.783. The molecule has 0 saturated heterocycles. The van der Waals surface area contributed by atoms with Crippen molar-refractivity contribution in [1.29, 1.82) is 0 Å². The highest BCUT2D eigenvalue weighted by Crippen LogP contribution is 2.30. The average molecular weight is 424 g/mol. The highest BCUT2D eigenvalue weighted by atomic mass is 35.5. The van der Waals surface area contributed by atoms with Crippen LogP contribution >= 0.6 is 11.6 Å². The number of hydrazone groups is 1. The maximum Gasteiger partial charge on any atom is 0.416 e. The average Bonchev–Trinajstić information content (AvgIpc) is 2.64. The fraction of sp³-hybridized carbons (Fsp3) is 0.250. The molecule has 0 saturated carbocycles. The molecule has 152 valence electrons. The number of halogens is 4. The molecular weight excluding hydrogens is 407 g/mol. The molecule has 0 bridgehead atoms. The van der Waals surface area contributed by atoms with Gasteiger partial charge < -0.3 is 5.32 Å². The van der Waals surface area contributed by atoms with Crippen molar-refractivity contribution < 1.29 is 22.8 Å². The number of nitrogens with zero attached hydrogens (tertiary/aromatic N) is 2. The van der Waals surface area contributed by atoms with Gasteiger partial charge in [0, 0.05) is 23.0 Å². The normalized spacial score (nSPS) is 17.1. The van der Waals surface area contributed by atoms with Gasteiger partial charge in [0.1, 0.15) is 6.54 Å². The molecule has 2 aromatic carbocycles. The molecule has 1 atom stereocenters. The SMILES string of the molecule is CC1CC(=O)N(CC(=O)Nc2ccc(C(F)(F)F)cc2)N=C1c1ccc(Cl)cc1. The van der Waals surface area contributed by atoms with Crippen molar-refractivity contribution in [1.82, 2.24) is 5.01 Å². The van der Waals surface area contributed by atoms with Gasteiger partial charge in [-0.05, 0) is 42.0 Å². The Labute approximate surface area is 170 Å². The summed E-state index contributed by atoms with van der Waals surface area (Å²) in [6, 6.07) is 11.1. The molecule has 0 radical (unpaired) electrons. The molecule has 2 amide bonds. The zero-order chi connectivity index (χ0) is 21.2. The number of carbonyl (C=O) groups excluding carboxylic acids is 2. The Morgan fingerprint density at radius 3 is 2.38 bits per heavy atom. The van der Waals surface area contributed by atoms with Gasteiger partial charge in [0.25, 0.3) is 0 Å². The molecule has 1 unspecified atom stereocenters. The van der Waals surface area contributed by atoms with Gasteiger partial charge >= 0.3 is 6.18 Å². The number of hydrogen-bond acceptors (Lipinski definition) is 3.